The average molecular weight is 251 g/mol. The lowest BCUT2D eigenvalue weighted by atomic mass is 9.98. The van der Waals surface area contributed by atoms with Crippen LogP contribution >= 0.6 is 0 Å². The zero-order valence-electron chi connectivity index (χ0n) is 9.78. The third-order valence-corrected chi connectivity index (χ3v) is 3.17. The van der Waals surface area contributed by atoms with Gasteiger partial charge < -0.3 is 10.4 Å². The van der Waals surface area contributed by atoms with Crippen molar-refractivity contribution >= 4 is 17.6 Å². The number of carboxylic acid groups (broad SMARTS) is 1. The van der Waals surface area contributed by atoms with Gasteiger partial charge in [0.15, 0.2) is 0 Å². The first-order chi connectivity index (χ1) is 8.51. The number of anilines is 1. The zero-order valence-corrected chi connectivity index (χ0v) is 9.78. The van der Waals surface area contributed by atoms with Crippen molar-refractivity contribution in [3.63, 3.8) is 0 Å². The molecule has 5 heteroatoms. The minimum atomic E-state index is -0.897. The van der Waals surface area contributed by atoms with Gasteiger partial charge in [0.2, 0.25) is 5.91 Å². The highest BCUT2D eigenvalue weighted by Gasteiger charge is 2.45. The molecule has 0 heterocycles. The highest BCUT2D eigenvalue weighted by atomic mass is 19.1. The fourth-order valence-corrected chi connectivity index (χ4v) is 2.01. The van der Waals surface area contributed by atoms with E-state index in [1.165, 1.54) is 18.2 Å². The standard InChI is InChI=1S/C13H14FNO3/c14-9-3-1-2-4-10(9)15-11(16)7-13(5-6-13)8-12(17)18/h1-4H,5-8H2,(H,15,16)(H,17,18). The highest BCUT2D eigenvalue weighted by molar-refractivity contribution is 5.91. The Hall–Kier alpha value is -1.91. The lowest BCUT2D eigenvalue weighted by Gasteiger charge is -2.12. The van der Waals surface area contributed by atoms with Gasteiger partial charge in [-0.3, -0.25) is 9.59 Å². The first-order valence-corrected chi connectivity index (χ1v) is 5.77. The number of para-hydroxylation sites is 1. The lowest BCUT2D eigenvalue weighted by Crippen LogP contribution is -2.20. The number of benzene rings is 1. The lowest BCUT2D eigenvalue weighted by molar-refractivity contribution is -0.138. The van der Waals surface area contributed by atoms with Gasteiger partial charge in [-0.25, -0.2) is 4.39 Å². The summed E-state index contributed by atoms with van der Waals surface area (Å²) < 4.78 is 13.3. The molecule has 0 unspecified atom stereocenters. The number of carboxylic acids is 1. The predicted octanol–water partition coefficient (Wildman–Crippen LogP) is 2.41. The summed E-state index contributed by atoms with van der Waals surface area (Å²) in [5, 5.41) is 11.2. The monoisotopic (exact) mass is 251 g/mol. The van der Waals surface area contributed by atoms with Crippen molar-refractivity contribution in [2.24, 2.45) is 5.41 Å². The first kappa shape index (κ1) is 12.5. The van der Waals surface area contributed by atoms with Gasteiger partial charge in [-0.05, 0) is 30.4 Å². The first-order valence-electron chi connectivity index (χ1n) is 5.77. The van der Waals surface area contributed by atoms with E-state index in [9.17, 15) is 14.0 Å². The van der Waals surface area contributed by atoms with E-state index in [1.54, 1.807) is 6.07 Å². The topological polar surface area (TPSA) is 66.4 Å². The Balaban J connectivity index is 1.94. The Bertz CT molecular complexity index is 483. The van der Waals surface area contributed by atoms with Crippen LogP contribution < -0.4 is 5.32 Å². The smallest absolute Gasteiger partial charge is 0.303 e. The molecule has 0 saturated heterocycles. The van der Waals surface area contributed by atoms with Gasteiger partial charge in [0.05, 0.1) is 12.1 Å². The van der Waals surface area contributed by atoms with Crippen molar-refractivity contribution < 1.29 is 19.1 Å². The van der Waals surface area contributed by atoms with E-state index in [4.69, 9.17) is 5.11 Å². The molecule has 2 N–H and O–H groups in total. The second kappa shape index (κ2) is 4.76. The van der Waals surface area contributed by atoms with Crippen molar-refractivity contribution in [2.75, 3.05) is 5.32 Å². The van der Waals surface area contributed by atoms with Crippen LogP contribution in [0.2, 0.25) is 0 Å². The Labute approximate surface area is 104 Å². The maximum atomic E-state index is 13.3. The molecule has 2 rings (SSSR count). The van der Waals surface area contributed by atoms with Gasteiger partial charge in [0.25, 0.3) is 0 Å². The molecule has 1 saturated carbocycles. The maximum absolute atomic E-state index is 13.3. The van der Waals surface area contributed by atoms with Crippen LogP contribution in [0.4, 0.5) is 10.1 Å². The summed E-state index contributed by atoms with van der Waals surface area (Å²) in [5.74, 6) is -1.72. The number of nitrogens with one attached hydrogen (secondary N) is 1. The summed E-state index contributed by atoms with van der Waals surface area (Å²) >= 11 is 0. The van der Waals surface area contributed by atoms with E-state index < -0.39 is 17.2 Å². The van der Waals surface area contributed by atoms with Gasteiger partial charge >= 0.3 is 5.97 Å². The van der Waals surface area contributed by atoms with Crippen LogP contribution in [0, 0.1) is 11.2 Å². The van der Waals surface area contributed by atoms with Crippen LogP contribution in [-0.2, 0) is 9.59 Å². The molecular weight excluding hydrogens is 237 g/mol. The number of hydrogen-bond acceptors (Lipinski definition) is 2. The molecule has 4 nitrogen and oxygen atoms in total. The van der Waals surface area contributed by atoms with Gasteiger partial charge in [-0.1, -0.05) is 12.1 Å². The van der Waals surface area contributed by atoms with E-state index in [0.717, 1.165) is 12.8 Å². The van der Waals surface area contributed by atoms with Crippen molar-refractivity contribution in [2.45, 2.75) is 25.7 Å². The number of carbonyl (C=O) groups is 2. The zero-order chi connectivity index (χ0) is 13.2. The van der Waals surface area contributed by atoms with Crippen LogP contribution in [-0.4, -0.2) is 17.0 Å². The Morgan fingerprint density at radius 3 is 2.50 bits per heavy atom. The SMILES string of the molecule is O=C(O)CC1(CC(=O)Nc2ccccc2F)CC1. The van der Waals surface area contributed by atoms with E-state index in [0.29, 0.717) is 0 Å². The van der Waals surface area contributed by atoms with Crippen molar-refractivity contribution in [3.05, 3.63) is 30.1 Å². The summed E-state index contributed by atoms with van der Waals surface area (Å²) in [4.78, 5) is 22.4. The fourth-order valence-electron chi connectivity index (χ4n) is 2.01. The molecule has 1 aromatic carbocycles. The van der Waals surface area contributed by atoms with Crippen LogP contribution in [0.5, 0.6) is 0 Å². The number of hydrogen-bond donors (Lipinski definition) is 2. The normalized spacial score (nSPS) is 16.1. The average Bonchev–Trinajstić information content (AvgIpc) is 3.00. The second-order valence-electron chi connectivity index (χ2n) is 4.78. The Morgan fingerprint density at radius 1 is 1.28 bits per heavy atom. The molecule has 1 amide bonds. The van der Waals surface area contributed by atoms with Gasteiger partial charge in [0, 0.05) is 6.42 Å². The van der Waals surface area contributed by atoms with E-state index in [-0.39, 0.29) is 24.4 Å². The van der Waals surface area contributed by atoms with E-state index in [1.807, 2.05) is 0 Å². The molecule has 0 aliphatic heterocycles. The summed E-state index contributed by atoms with van der Waals surface area (Å²) in [6, 6.07) is 5.91. The molecule has 0 aromatic heterocycles. The minimum absolute atomic E-state index is 0.00229. The van der Waals surface area contributed by atoms with E-state index in [2.05, 4.69) is 5.32 Å². The Morgan fingerprint density at radius 2 is 1.94 bits per heavy atom. The number of amides is 1. The van der Waals surface area contributed by atoms with Gasteiger partial charge in [-0.15, -0.1) is 0 Å². The molecule has 1 aromatic rings. The van der Waals surface area contributed by atoms with Gasteiger partial charge in [0.1, 0.15) is 5.82 Å². The molecular formula is C13H14FNO3. The number of carbonyl (C=O) groups excluding carboxylic acids is 1. The third kappa shape index (κ3) is 3.06. The van der Waals surface area contributed by atoms with Crippen molar-refractivity contribution in [3.8, 4) is 0 Å². The molecule has 0 atom stereocenters. The largest absolute Gasteiger partial charge is 0.481 e. The quantitative estimate of drug-likeness (QED) is 0.844. The number of halogens is 1. The summed E-state index contributed by atoms with van der Waals surface area (Å²) in [6.07, 6.45) is 1.61. The molecule has 1 fully saturated rings. The summed E-state index contributed by atoms with van der Waals surface area (Å²) in [6.45, 7) is 0. The molecule has 96 valence electrons. The second-order valence-corrected chi connectivity index (χ2v) is 4.78. The molecule has 18 heavy (non-hydrogen) atoms. The van der Waals surface area contributed by atoms with Crippen molar-refractivity contribution in [1.29, 1.82) is 0 Å². The molecule has 0 radical (unpaired) electrons. The van der Waals surface area contributed by atoms with Crippen LogP contribution in [0.15, 0.2) is 24.3 Å². The summed E-state index contributed by atoms with van der Waals surface area (Å²) in [5.41, 5.74) is -0.283. The maximum Gasteiger partial charge on any atom is 0.303 e. The number of rotatable bonds is 5. The molecule has 1 aliphatic carbocycles. The summed E-state index contributed by atoms with van der Waals surface area (Å²) in [7, 11) is 0. The Kier molecular flexibility index (Phi) is 3.32. The highest BCUT2D eigenvalue weighted by Crippen LogP contribution is 2.51. The van der Waals surface area contributed by atoms with Crippen LogP contribution in [0.25, 0.3) is 0 Å². The van der Waals surface area contributed by atoms with Crippen molar-refractivity contribution in [1.82, 2.24) is 0 Å². The predicted molar refractivity (Wildman–Crippen MR) is 63.6 cm³/mol. The van der Waals surface area contributed by atoms with Gasteiger partial charge in [-0.2, -0.15) is 0 Å². The molecule has 1 aliphatic rings. The minimum Gasteiger partial charge on any atom is -0.481 e. The molecule has 0 spiro atoms. The molecule has 0 bridgehead atoms. The van der Waals surface area contributed by atoms with E-state index >= 15 is 0 Å². The van der Waals surface area contributed by atoms with Crippen LogP contribution in [0.3, 0.4) is 0 Å². The third-order valence-electron chi connectivity index (χ3n) is 3.17. The number of aliphatic carboxylic acids is 1. The fraction of sp³-hybridized carbons (Fsp3) is 0.385. The van der Waals surface area contributed by atoms with Crippen LogP contribution in [0.1, 0.15) is 25.7 Å².